The van der Waals surface area contributed by atoms with Crippen LogP contribution in [0.3, 0.4) is 0 Å². The number of benzene rings is 3. The van der Waals surface area contributed by atoms with Gasteiger partial charge in [0.15, 0.2) is 5.78 Å². The monoisotopic (exact) mass is 510 g/mol. The molecule has 0 unspecified atom stereocenters. The fourth-order valence-electron chi connectivity index (χ4n) is 5.78. The highest BCUT2D eigenvalue weighted by atomic mass is 16.6. The molecule has 3 aliphatic rings. The number of carbonyl (C=O) groups excluding carboxylic acids is 3. The summed E-state index contributed by atoms with van der Waals surface area (Å²) >= 11 is 0. The number of nitrogens with zero attached hydrogens (tertiary/aromatic N) is 4. The first kappa shape index (κ1) is 23.2. The summed E-state index contributed by atoms with van der Waals surface area (Å²) in [5.41, 5.74) is 1.42. The van der Waals surface area contributed by atoms with Crippen LogP contribution in [-0.4, -0.2) is 38.4 Å². The minimum atomic E-state index is -1.09. The summed E-state index contributed by atoms with van der Waals surface area (Å²) in [6.45, 7) is 0. The predicted octanol–water partition coefficient (Wildman–Crippen LogP) is 3.90. The number of nitro groups is 2. The maximum atomic E-state index is 13.9. The molecule has 38 heavy (non-hydrogen) atoms. The highest BCUT2D eigenvalue weighted by Crippen LogP contribution is 2.53. The van der Waals surface area contributed by atoms with Crippen LogP contribution in [0.5, 0.6) is 0 Å². The van der Waals surface area contributed by atoms with Crippen LogP contribution in [0.4, 0.5) is 17.1 Å². The number of anilines is 1. The quantitative estimate of drug-likeness (QED) is 0.218. The van der Waals surface area contributed by atoms with E-state index in [0.717, 1.165) is 16.0 Å². The van der Waals surface area contributed by atoms with Gasteiger partial charge in [0.05, 0.1) is 33.4 Å². The number of ketones is 1. The number of carbonyl (C=O) groups is 3. The van der Waals surface area contributed by atoms with Crippen molar-refractivity contribution in [3.63, 3.8) is 0 Å². The zero-order chi connectivity index (χ0) is 26.7. The Morgan fingerprint density at radius 2 is 1.47 bits per heavy atom. The molecule has 11 nitrogen and oxygen atoms in total. The van der Waals surface area contributed by atoms with Crippen molar-refractivity contribution in [3.8, 4) is 0 Å². The van der Waals surface area contributed by atoms with Crippen molar-refractivity contribution >= 4 is 40.7 Å². The number of imide groups is 1. The third kappa shape index (κ3) is 3.32. The Kier molecular flexibility index (Phi) is 5.16. The molecule has 0 radical (unpaired) electrons. The van der Waals surface area contributed by atoms with Crippen LogP contribution in [0.1, 0.15) is 27.5 Å². The molecule has 2 saturated heterocycles. The second-order valence-corrected chi connectivity index (χ2v) is 9.29. The first-order chi connectivity index (χ1) is 18.3. The molecule has 11 heteroatoms. The summed E-state index contributed by atoms with van der Waals surface area (Å²) in [5.74, 6) is -3.59. The summed E-state index contributed by atoms with van der Waals surface area (Å²) in [5, 5.41) is 22.4. The fourth-order valence-corrected chi connectivity index (χ4v) is 5.78. The number of rotatable bonds is 5. The average molecular weight is 510 g/mol. The van der Waals surface area contributed by atoms with Crippen molar-refractivity contribution in [2.45, 2.75) is 12.1 Å². The zero-order valence-electron chi connectivity index (χ0n) is 19.5. The Balaban J connectivity index is 1.47. The SMILES string of the molecule is O=C(c1cccc([N+](=O)[O-])c1)[C@@H]1[C@@H]2C(=O)N(c3ccc([N+](=O)[O-])cc3)C(=O)[C@@H]2[C@@H]2c3ccccc3C=CN12. The Labute approximate surface area is 214 Å². The van der Waals surface area contributed by atoms with Gasteiger partial charge in [-0.3, -0.25) is 34.6 Å². The second-order valence-electron chi connectivity index (χ2n) is 9.29. The van der Waals surface area contributed by atoms with E-state index in [-0.39, 0.29) is 22.6 Å². The molecule has 0 aromatic heterocycles. The number of fused-ring (bicyclic) bond motifs is 5. The Hall–Kier alpha value is -5.19. The lowest BCUT2D eigenvalue weighted by Gasteiger charge is -2.35. The molecule has 3 heterocycles. The van der Waals surface area contributed by atoms with Crippen molar-refractivity contribution in [1.82, 2.24) is 4.90 Å². The van der Waals surface area contributed by atoms with E-state index in [1.165, 1.54) is 48.5 Å². The van der Waals surface area contributed by atoms with Gasteiger partial charge in [-0.1, -0.05) is 36.4 Å². The number of nitro benzene ring substituents is 2. The third-order valence-electron chi connectivity index (χ3n) is 7.39. The minimum absolute atomic E-state index is 0.0601. The smallest absolute Gasteiger partial charge is 0.270 e. The van der Waals surface area contributed by atoms with E-state index < -0.39 is 51.4 Å². The Morgan fingerprint density at radius 1 is 0.789 bits per heavy atom. The highest BCUT2D eigenvalue weighted by molar-refractivity contribution is 6.24. The van der Waals surface area contributed by atoms with E-state index >= 15 is 0 Å². The molecule has 3 aromatic carbocycles. The zero-order valence-corrected chi connectivity index (χ0v) is 19.5. The number of non-ortho nitro benzene ring substituents is 2. The van der Waals surface area contributed by atoms with Crippen molar-refractivity contribution in [2.24, 2.45) is 11.8 Å². The Morgan fingerprint density at radius 3 is 2.18 bits per heavy atom. The van der Waals surface area contributed by atoms with Crippen LogP contribution in [-0.2, 0) is 9.59 Å². The van der Waals surface area contributed by atoms with Crippen LogP contribution in [0, 0.1) is 32.1 Å². The van der Waals surface area contributed by atoms with E-state index in [2.05, 4.69) is 0 Å². The van der Waals surface area contributed by atoms with Gasteiger partial charge in [-0.2, -0.15) is 0 Å². The van der Waals surface area contributed by atoms with Gasteiger partial charge in [0, 0.05) is 36.0 Å². The molecule has 0 aliphatic carbocycles. The number of amides is 2. The van der Waals surface area contributed by atoms with Gasteiger partial charge in [-0.25, -0.2) is 4.90 Å². The molecular formula is C27H18N4O7. The molecule has 0 N–H and O–H groups in total. The van der Waals surface area contributed by atoms with Gasteiger partial charge in [-0.05, 0) is 29.3 Å². The van der Waals surface area contributed by atoms with Crippen LogP contribution < -0.4 is 4.90 Å². The topological polar surface area (TPSA) is 144 Å². The summed E-state index contributed by atoms with van der Waals surface area (Å²) in [4.78, 5) is 65.5. The lowest BCUT2D eigenvalue weighted by molar-refractivity contribution is -0.385. The van der Waals surface area contributed by atoms with Gasteiger partial charge in [-0.15, -0.1) is 0 Å². The average Bonchev–Trinajstić information content (AvgIpc) is 3.40. The van der Waals surface area contributed by atoms with Crippen LogP contribution in [0.15, 0.2) is 79.0 Å². The van der Waals surface area contributed by atoms with Gasteiger partial charge < -0.3 is 4.90 Å². The summed E-state index contributed by atoms with van der Waals surface area (Å²) in [6.07, 6.45) is 3.51. The number of hydrogen-bond acceptors (Lipinski definition) is 8. The summed E-state index contributed by atoms with van der Waals surface area (Å²) in [6, 6.07) is 16.1. The van der Waals surface area contributed by atoms with E-state index in [9.17, 15) is 34.6 Å². The van der Waals surface area contributed by atoms with Crippen molar-refractivity contribution in [3.05, 3.63) is 116 Å². The predicted molar refractivity (Wildman–Crippen MR) is 134 cm³/mol. The van der Waals surface area contributed by atoms with Gasteiger partial charge in [0.25, 0.3) is 11.4 Å². The van der Waals surface area contributed by atoms with Crippen LogP contribution >= 0.6 is 0 Å². The molecule has 188 valence electrons. The molecule has 0 saturated carbocycles. The van der Waals surface area contributed by atoms with Crippen LogP contribution in [0.2, 0.25) is 0 Å². The molecule has 2 fully saturated rings. The van der Waals surface area contributed by atoms with Crippen molar-refractivity contribution < 1.29 is 24.2 Å². The lowest BCUT2D eigenvalue weighted by atomic mass is 9.83. The highest BCUT2D eigenvalue weighted by Gasteiger charge is 2.64. The largest absolute Gasteiger partial charge is 0.358 e. The molecule has 6 rings (SSSR count). The van der Waals surface area contributed by atoms with Crippen molar-refractivity contribution in [2.75, 3.05) is 4.90 Å². The normalized spacial score (nSPS) is 23.2. The first-order valence-electron chi connectivity index (χ1n) is 11.7. The molecule has 0 bridgehead atoms. The van der Waals surface area contributed by atoms with E-state index in [4.69, 9.17) is 0 Å². The number of hydrogen-bond donors (Lipinski definition) is 0. The minimum Gasteiger partial charge on any atom is -0.358 e. The molecule has 2 amide bonds. The molecule has 3 aliphatic heterocycles. The van der Waals surface area contributed by atoms with Crippen LogP contribution in [0.25, 0.3) is 6.08 Å². The third-order valence-corrected chi connectivity index (χ3v) is 7.39. The van der Waals surface area contributed by atoms with Gasteiger partial charge in [0.1, 0.15) is 6.04 Å². The van der Waals surface area contributed by atoms with Gasteiger partial charge in [0.2, 0.25) is 11.8 Å². The maximum absolute atomic E-state index is 13.9. The van der Waals surface area contributed by atoms with E-state index in [1.807, 2.05) is 30.3 Å². The molecule has 4 atom stereocenters. The molecular weight excluding hydrogens is 492 g/mol. The van der Waals surface area contributed by atoms with Crippen molar-refractivity contribution in [1.29, 1.82) is 0 Å². The molecule has 0 spiro atoms. The van der Waals surface area contributed by atoms with E-state index in [0.29, 0.717) is 0 Å². The van der Waals surface area contributed by atoms with Gasteiger partial charge >= 0.3 is 0 Å². The lowest BCUT2D eigenvalue weighted by Crippen LogP contribution is -2.44. The maximum Gasteiger partial charge on any atom is 0.270 e. The fraction of sp³-hybridized carbons (Fsp3) is 0.148. The van der Waals surface area contributed by atoms with E-state index in [1.54, 1.807) is 11.1 Å². The number of Topliss-reactive ketones (excluding diaryl/α,β-unsaturated/α-hetero) is 1. The standard InChI is InChI=1S/C27H18N4O7/c32-25(16-5-3-6-19(14-16)31(37)38)24-22-21(23-20-7-2-1-4-15(20)12-13-28(23)24)26(33)29(27(22)34)17-8-10-18(11-9-17)30(35)36/h1-14,21-24H/t21-,22+,23-,24-/m0/s1. The Bertz CT molecular complexity index is 1580. The first-order valence-corrected chi connectivity index (χ1v) is 11.7. The summed E-state index contributed by atoms with van der Waals surface area (Å²) in [7, 11) is 0. The second kappa shape index (κ2) is 8.44. The molecule has 3 aromatic rings. The summed E-state index contributed by atoms with van der Waals surface area (Å²) < 4.78 is 0.